The van der Waals surface area contributed by atoms with Crippen molar-refractivity contribution in [1.29, 1.82) is 0 Å². The summed E-state index contributed by atoms with van der Waals surface area (Å²) in [5.41, 5.74) is 3.27. The van der Waals surface area contributed by atoms with Crippen LogP contribution in [0.25, 0.3) is 0 Å². The molecule has 0 N–H and O–H groups in total. The van der Waals surface area contributed by atoms with Gasteiger partial charge in [0.2, 0.25) is 0 Å². The summed E-state index contributed by atoms with van der Waals surface area (Å²) in [6.07, 6.45) is 0. The van der Waals surface area contributed by atoms with Crippen molar-refractivity contribution in [1.82, 2.24) is 4.98 Å². The van der Waals surface area contributed by atoms with Gasteiger partial charge < -0.3 is 4.90 Å². The van der Waals surface area contributed by atoms with Gasteiger partial charge in [0.15, 0.2) is 0 Å². The lowest BCUT2D eigenvalue weighted by Gasteiger charge is -2.27. The van der Waals surface area contributed by atoms with Crippen LogP contribution in [0.2, 0.25) is 5.02 Å². The highest BCUT2D eigenvalue weighted by molar-refractivity contribution is 6.30. The monoisotopic (exact) mass is 308 g/mol. The van der Waals surface area contributed by atoms with E-state index in [9.17, 15) is 0 Å². The second-order valence-electron chi connectivity index (χ2n) is 4.95. The van der Waals surface area contributed by atoms with Crippen molar-refractivity contribution in [3.05, 3.63) is 58.2 Å². The van der Waals surface area contributed by atoms with Crippen molar-refractivity contribution in [2.45, 2.75) is 25.8 Å². The third-order valence-corrected chi connectivity index (χ3v) is 4.01. The van der Waals surface area contributed by atoms with Crippen LogP contribution in [0.4, 0.5) is 5.82 Å². The molecule has 0 fully saturated rings. The van der Waals surface area contributed by atoms with Gasteiger partial charge in [-0.2, -0.15) is 0 Å². The van der Waals surface area contributed by atoms with Gasteiger partial charge in [0.25, 0.3) is 0 Å². The van der Waals surface area contributed by atoms with Gasteiger partial charge in [-0.3, -0.25) is 0 Å². The lowest BCUT2D eigenvalue weighted by molar-refractivity contribution is 0.727. The highest BCUT2D eigenvalue weighted by atomic mass is 35.5. The molecule has 0 bridgehead atoms. The van der Waals surface area contributed by atoms with Gasteiger partial charge in [-0.1, -0.05) is 23.7 Å². The van der Waals surface area contributed by atoms with Gasteiger partial charge in [-0.25, -0.2) is 4.98 Å². The molecule has 0 aliphatic rings. The van der Waals surface area contributed by atoms with Gasteiger partial charge in [0.05, 0.1) is 6.04 Å². The summed E-state index contributed by atoms with van der Waals surface area (Å²) in [6.45, 7) is 4.13. The molecule has 2 rings (SSSR count). The number of hydrogen-bond acceptors (Lipinski definition) is 2. The molecule has 1 aromatic heterocycles. The highest BCUT2D eigenvalue weighted by Crippen LogP contribution is 2.26. The van der Waals surface area contributed by atoms with Gasteiger partial charge in [0.1, 0.15) is 5.82 Å². The fourth-order valence-electron chi connectivity index (χ4n) is 2.14. The van der Waals surface area contributed by atoms with Crippen LogP contribution in [0.5, 0.6) is 0 Å². The third kappa shape index (κ3) is 3.44. The Bertz CT molecular complexity index is 582. The Hall–Kier alpha value is -1.25. The summed E-state index contributed by atoms with van der Waals surface area (Å²) in [7, 11) is 2.04. The Balaban J connectivity index is 2.28. The molecular weight excluding hydrogens is 291 g/mol. The first kappa shape index (κ1) is 15.1. The van der Waals surface area contributed by atoms with Crippen molar-refractivity contribution < 1.29 is 0 Å². The highest BCUT2D eigenvalue weighted by Gasteiger charge is 2.14. The molecule has 0 saturated heterocycles. The fraction of sp³-hybridized carbons (Fsp3) is 0.312. The van der Waals surface area contributed by atoms with E-state index in [4.69, 9.17) is 23.2 Å². The topological polar surface area (TPSA) is 16.1 Å². The smallest absolute Gasteiger partial charge is 0.129 e. The Morgan fingerprint density at radius 1 is 1.20 bits per heavy atom. The van der Waals surface area contributed by atoms with Crippen LogP contribution in [0.1, 0.15) is 29.8 Å². The number of aromatic nitrogens is 1. The van der Waals surface area contributed by atoms with E-state index in [1.165, 1.54) is 5.56 Å². The molecule has 2 aromatic rings. The van der Waals surface area contributed by atoms with E-state index in [0.717, 1.165) is 22.1 Å². The number of aryl methyl sites for hydroxylation is 1. The van der Waals surface area contributed by atoms with Crippen molar-refractivity contribution in [3.8, 4) is 0 Å². The average Bonchev–Trinajstić information content (AvgIpc) is 2.45. The molecule has 1 unspecified atom stereocenters. The molecule has 106 valence electrons. The minimum Gasteiger partial charge on any atom is -0.353 e. The fourth-order valence-corrected chi connectivity index (χ4v) is 2.42. The third-order valence-electron chi connectivity index (χ3n) is 3.45. The summed E-state index contributed by atoms with van der Waals surface area (Å²) in [4.78, 5) is 6.73. The lowest BCUT2D eigenvalue weighted by atomic mass is 10.1. The van der Waals surface area contributed by atoms with Crippen molar-refractivity contribution in [3.63, 3.8) is 0 Å². The lowest BCUT2D eigenvalue weighted by Crippen LogP contribution is -2.23. The zero-order valence-electron chi connectivity index (χ0n) is 11.9. The van der Waals surface area contributed by atoms with Crippen molar-refractivity contribution in [2.24, 2.45) is 0 Å². The molecule has 2 nitrogen and oxygen atoms in total. The van der Waals surface area contributed by atoms with Crippen molar-refractivity contribution in [2.75, 3.05) is 11.9 Å². The second kappa shape index (κ2) is 6.47. The van der Waals surface area contributed by atoms with Crippen LogP contribution in [-0.4, -0.2) is 12.0 Å². The van der Waals surface area contributed by atoms with E-state index in [1.807, 2.05) is 50.4 Å². The SMILES string of the molecule is Cc1cc(CCl)cc(N(C)C(C)c2ccc(Cl)cc2)n1. The molecule has 0 aliphatic carbocycles. The first-order valence-electron chi connectivity index (χ1n) is 6.53. The summed E-state index contributed by atoms with van der Waals surface area (Å²) in [6, 6.07) is 12.2. The maximum absolute atomic E-state index is 5.93. The van der Waals surface area contributed by atoms with Gasteiger partial charge >= 0.3 is 0 Å². The zero-order valence-corrected chi connectivity index (χ0v) is 13.4. The molecule has 20 heavy (non-hydrogen) atoms. The molecule has 0 amide bonds. The van der Waals surface area contributed by atoms with Gasteiger partial charge in [-0.15, -0.1) is 11.6 Å². The molecule has 1 heterocycles. The number of pyridine rings is 1. The number of halogens is 2. The molecule has 0 radical (unpaired) electrons. The summed E-state index contributed by atoms with van der Waals surface area (Å²) in [5, 5.41) is 0.752. The first-order valence-corrected chi connectivity index (χ1v) is 7.44. The number of nitrogens with zero attached hydrogens (tertiary/aromatic N) is 2. The minimum atomic E-state index is 0.213. The van der Waals surface area contributed by atoms with Crippen LogP contribution in [-0.2, 0) is 5.88 Å². The standard InChI is InChI=1S/C16H18Cl2N2/c1-11-8-13(10-17)9-16(19-11)20(3)12(2)14-4-6-15(18)7-5-14/h4-9,12H,10H2,1-3H3. The maximum Gasteiger partial charge on any atom is 0.129 e. The zero-order chi connectivity index (χ0) is 14.7. The van der Waals surface area contributed by atoms with E-state index in [1.54, 1.807) is 0 Å². The summed E-state index contributed by atoms with van der Waals surface area (Å²) in [5.74, 6) is 1.43. The van der Waals surface area contributed by atoms with Crippen LogP contribution in [0.3, 0.4) is 0 Å². The molecule has 1 atom stereocenters. The summed E-state index contributed by atoms with van der Waals surface area (Å²) < 4.78 is 0. The normalized spacial score (nSPS) is 12.2. The number of rotatable bonds is 4. The Kier molecular flexibility index (Phi) is 4.90. The van der Waals surface area contributed by atoms with E-state index >= 15 is 0 Å². The minimum absolute atomic E-state index is 0.213. The number of anilines is 1. The number of hydrogen-bond donors (Lipinski definition) is 0. The van der Waals surface area contributed by atoms with E-state index in [-0.39, 0.29) is 6.04 Å². The molecule has 0 aliphatic heterocycles. The van der Waals surface area contributed by atoms with Gasteiger partial charge in [-0.05, 0) is 49.2 Å². The van der Waals surface area contributed by atoms with Crippen LogP contribution in [0.15, 0.2) is 36.4 Å². The van der Waals surface area contributed by atoms with Crippen LogP contribution < -0.4 is 4.90 Å². The average molecular weight is 309 g/mol. The van der Waals surface area contributed by atoms with Gasteiger partial charge in [0, 0.05) is 23.6 Å². The molecular formula is C16H18Cl2N2. The Morgan fingerprint density at radius 2 is 1.85 bits per heavy atom. The quantitative estimate of drug-likeness (QED) is 0.741. The van der Waals surface area contributed by atoms with E-state index in [0.29, 0.717) is 5.88 Å². The van der Waals surface area contributed by atoms with E-state index in [2.05, 4.69) is 16.8 Å². The van der Waals surface area contributed by atoms with Crippen molar-refractivity contribution >= 4 is 29.0 Å². The predicted molar refractivity (Wildman–Crippen MR) is 86.8 cm³/mol. The molecule has 0 saturated carbocycles. The van der Waals surface area contributed by atoms with Crippen LogP contribution in [0, 0.1) is 6.92 Å². The number of benzene rings is 1. The molecule has 1 aromatic carbocycles. The largest absolute Gasteiger partial charge is 0.353 e. The first-order chi connectivity index (χ1) is 9.51. The Morgan fingerprint density at radius 3 is 2.45 bits per heavy atom. The number of alkyl halides is 1. The second-order valence-corrected chi connectivity index (χ2v) is 5.65. The predicted octanol–water partition coefficient (Wildman–Crippen LogP) is 4.98. The van der Waals surface area contributed by atoms with Crippen LogP contribution >= 0.6 is 23.2 Å². The summed E-state index contributed by atoms with van der Waals surface area (Å²) >= 11 is 11.9. The molecule has 4 heteroatoms. The maximum atomic E-state index is 5.93. The Labute approximate surface area is 130 Å². The van der Waals surface area contributed by atoms with E-state index < -0.39 is 0 Å². The molecule has 0 spiro atoms.